The maximum atomic E-state index is 12.8. The van der Waals surface area contributed by atoms with Crippen LogP contribution >= 0.6 is 0 Å². The van der Waals surface area contributed by atoms with Gasteiger partial charge in [-0.05, 0) is 23.3 Å². The standard InChI is InChI=1S/C23H19N5O/c29-23(21-7-4-13-24-25-21)28-14-12-20-19(15-28)22(27-26-20)18-10-8-17(9-11-18)16-5-2-1-3-6-16/h1-11,13H,12,14-15H2,(H,26,27). The van der Waals surface area contributed by atoms with Gasteiger partial charge >= 0.3 is 0 Å². The van der Waals surface area contributed by atoms with Crippen LogP contribution in [-0.2, 0) is 13.0 Å². The van der Waals surface area contributed by atoms with Gasteiger partial charge in [0.2, 0.25) is 0 Å². The molecular weight excluding hydrogens is 362 g/mol. The Labute approximate surface area is 168 Å². The Balaban J connectivity index is 1.42. The molecule has 0 bridgehead atoms. The summed E-state index contributed by atoms with van der Waals surface area (Å²) in [5.41, 5.74) is 6.82. The van der Waals surface area contributed by atoms with Gasteiger partial charge in [-0.25, -0.2) is 0 Å². The molecule has 0 spiro atoms. The van der Waals surface area contributed by atoms with E-state index in [4.69, 9.17) is 0 Å². The maximum Gasteiger partial charge on any atom is 0.274 e. The molecule has 0 atom stereocenters. The monoisotopic (exact) mass is 381 g/mol. The second-order valence-corrected chi connectivity index (χ2v) is 7.06. The summed E-state index contributed by atoms with van der Waals surface area (Å²) in [6.45, 7) is 1.15. The molecule has 6 heteroatoms. The van der Waals surface area contributed by atoms with E-state index in [1.165, 1.54) is 11.1 Å². The zero-order valence-electron chi connectivity index (χ0n) is 15.7. The van der Waals surface area contributed by atoms with E-state index >= 15 is 0 Å². The molecule has 0 saturated carbocycles. The van der Waals surface area contributed by atoms with E-state index in [0.29, 0.717) is 18.8 Å². The van der Waals surface area contributed by atoms with Crippen molar-refractivity contribution in [2.45, 2.75) is 13.0 Å². The summed E-state index contributed by atoms with van der Waals surface area (Å²) in [4.78, 5) is 14.6. The molecule has 1 N–H and O–H groups in total. The first-order valence-electron chi connectivity index (χ1n) is 9.58. The summed E-state index contributed by atoms with van der Waals surface area (Å²) in [5.74, 6) is -0.102. The fourth-order valence-corrected chi connectivity index (χ4v) is 3.74. The number of H-pyrrole nitrogens is 1. The number of carbonyl (C=O) groups is 1. The maximum absolute atomic E-state index is 12.8. The number of nitrogens with one attached hydrogen (secondary N) is 1. The zero-order chi connectivity index (χ0) is 19.6. The van der Waals surface area contributed by atoms with Gasteiger partial charge < -0.3 is 4.90 Å². The highest BCUT2D eigenvalue weighted by Crippen LogP contribution is 2.30. The van der Waals surface area contributed by atoms with Crippen molar-refractivity contribution in [2.75, 3.05) is 6.54 Å². The summed E-state index contributed by atoms with van der Waals surface area (Å²) in [5, 5.41) is 15.5. The molecule has 1 aliphatic heterocycles. The van der Waals surface area contributed by atoms with E-state index < -0.39 is 0 Å². The van der Waals surface area contributed by atoms with Crippen LogP contribution in [0.15, 0.2) is 72.9 Å². The van der Waals surface area contributed by atoms with Crippen LogP contribution in [0.25, 0.3) is 22.4 Å². The number of aromatic nitrogens is 4. The molecule has 5 rings (SSSR count). The molecule has 1 aliphatic rings. The Kier molecular flexibility index (Phi) is 4.37. The Morgan fingerprint density at radius 1 is 0.897 bits per heavy atom. The van der Waals surface area contributed by atoms with Gasteiger partial charge in [0.1, 0.15) is 0 Å². The van der Waals surface area contributed by atoms with E-state index in [1.807, 2.05) is 23.1 Å². The van der Waals surface area contributed by atoms with E-state index in [1.54, 1.807) is 18.3 Å². The number of hydrogen-bond acceptors (Lipinski definition) is 4. The topological polar surface area (TPSA) is 74.8 Å². The van der Waals surface area contributed by atoms with Crippen LogP contribution in [0.2, 0.25) is 0 Å². The van der Waals surface area contributed by atoms with Crippen molar-refractivity contribution in [2.24, 2.45) is 0 Å². The first-order valence-corrected chi connectivity index (χ1v) is 9.58. The number of hydrogen-bond donors (Lipinski definition) is 1. The number of rotatable bonds is 3. The molecule has 3 heterocycles. The highest BCUT2D eigenvalue weighted by Gasteiger charge is 2.27. The van der Waals surface area contributed by atoms with Gasteiger partial charge in [0, 0.05) is 36.0 Å². The summed E-state index contributed by atoms with van der Waals surface area (Å²) >= 11 is 0. The highest BCUT2D eigenvalue weighted by atomic mass is 16.2. The lowest BCUT2D eigenvalue weighted by Crippen LogP contribution is -2.36. The van der Waals surface area contributed by atoms with E-state index in [9.17, 15) is 4.79 Å². The third-order valence-electron chi connectivity index (χ3n) is 5.28. The van der Waals surface area contributed by atoms with Crippen molar-refractivity contribution in [3.63, 3.8) is 0 Å². The molecule has 2 aromatic carbocycles. The van der Waals surface area contributed by atoms with Gasteiger partial charge in [0.15, 0.2) is 5.69 Å². The molecule has 2 aromatic heterocycles. The molecule has 0 unspecified atom stereocenters. The van der Waals surface area contributed by atoms with Crippen molar-refractivity contribution < 1.29 is 4.79 Å². The minimum absolute atomic E-state index is 0.102. The first-order chi connectivity index (χ1) is 14.3. The fraction of sp³-hybridized carbons (Fsp3) is 0.130. The molecule has 4 aromatic rings. The molecule has 1 amide bonds. The first kappa shape index (κ1) is 17.3. The second-order valence-electron chi connectivity index (χ2n) is 7.06. The molecule has 0 radical (unpaired) electrons. The lowest BCUT2D eigenvalue weighted by Gasteiger charge is -2.26. The molecular formula is C23H19N5O. The zero-order valence-corrected chi connectivity index (χ0v) is 15.7. The summed E-state index contributed by atoms with van der Waals surface area (Å²) in [7, 11) is 0. The predicted molar refractivity (Wildman–Crippen MR) is 110 cm³/mol. The van der Waals surface area contributed by atoms with Crippen molar-refractivity contribution in [1.82, 2.24) is 25.3 Å². The summed E-state index contributed by atoms with van der Waals surface area (Å²) in [6.07, 6.45) is 2.31. The van der Waals surface area contributed by atoms with Crippen molar-refractivity contribution >= 4 is 5.91 Å². The van der Waals surface area contributed by atoms with Crippen molar-refractivity contribution in [3.8, 4) is 22.4 Å². The summed E-state index contributed by atoms with van der Waals surface area (Å²) < 4.78 is 0. The predicted octanol–water partition coefficient (Wildman–Crippen LogP) is 3.73. The van der Waals surface area contributed by atoms with Gasteiger partial charge in [0.05, 0.1) is 12.2 Å². The quantitative estimate of drug-likeness (QED) is 0.587. The Morgan fingerprint density at radius 2 is 1.66 bits per heavy atom. The van der Waals surface area contributed by atoms with Gasteiger partial charge in [-0.15, -0.1) is 5.10 Å². The normalized spacial score (nSPS) is 13.2. The third-order valence-corrected chi connectivity index (χ3v) is 5.28. The Hall–Kier alpha value is -3.80. The highest BCUT2D eigenvalue weighted by molar-refractivity contribution is 5.92. The minimum atomic E-state index is -0.102. The van der Waals surface area contributed by atoms with Crippen molar-refractivity contribution in [3.05, 3.63) is 89.9 Å². The molecule has 0 aliphatic carbocycles. The number of carbonyl (C=O) groups excluding carboxylic acids is 1. The van der Waals surface area contributed by atoms with Gasteiger partial charge in [0.25, 0.3) is 5.91 Å². The molecule has 0 fully saturated rings. The Bertz CT molecular complexity index is 1140. The van der Waals surface area contributed by atoms with Crippen LogP contribution in [0.5, 0.6) is 0 Å². The van der Waals surface area contributed by atoms with Crippen LogP contribution in [-0.4, -0.2) is 37.7 Å². The van der Waals surface area contributed by atoms with Crippen LogP contribution in [0.3, 0.4) is 0 Å². The third kappa shape index (κ3) is 3.29. The van der Waals surface area contributed by atoms with Crippen molar-refractivity contribution in [1.29, 1.82) is 0 Å². The smallest absolute Gasteiger partial charge is 0.274 e. The number of amides is 1. The van der Waals surface area contributed by atoms with Crippen LogP contribution in [0.4, 0.5) is 0 Å². The molecule has 29 heavy (non-hydrogen) atoms. The fourth-order valence-electron chi connectivity index (χ4n) is 3.74. The van der Waals surface area contributed by atoms with E-state index in [-0.39, 0.29) is 5.91 Å². The molecule has 6 nitrogen and oxygen atoms in total. The van der Waals surface area contributed by atoms with E-state index in [2.05, 4.69) is 56.8 Å². The molecule has 0 saturated heterocycles. The van der Waals surface area contributed by atoms with Gasteiger partial charge in [-0.1, -0.05) is 54.6 Å². The second kappa shape index (κ2) is 7.31. The largest absolute Gasteiger partial charge is 0.332 e. The minimum Gasteiger partial charge on any atom is -0.332 e. The number of aromatic amines is 1. The lowest BCUT2D eigenvalue weighted by atomic mass is 9.98. The van der Waals surface area contributed by atoms with Gasteiger partial charge in [-0.3, -0.25) is 9.89 Å². The van der Waals surface area contributed by atoms with E-state index in [0.717, 1.165) is 28.9 Å². The molecule has 142 valence electrons. The van der Waals surface area contributed by atoms with Crippen LogP contribution in [0, 0.1) is 0 Å². The van der Waals surface area contributed by atoms with Crippen LogP contribution in [0.1, 0.15) is 21.7 Å². The lowest BCUT2D eigenvalue weighted by molar-refractivity contribution is 0.0727. The number of benzene rings is 2. The Morgan fingerprint density at radius 3 is 2.41 bits per heavy atom. The average molecular weight is 381 g/mol. The number of nitrogens with zero attached hydrogens (tertiary/aromatic N) is 4. The summed E-state index contributed by atoms with van der Waals surface area (Å²) in [6, 6.07) is 22.1. The number of fused-ring (bicyclic) bond motifs is 1. The van der Waals surface area contributed by atoms with Gasteiger partial charge in [-0.2, -0.15) is 10.2 Å². The van der Waals surface area contributed by atoms with Crippen LogP contribution < -0.4 is 0 Å². The average Bonchev–Trinajstić information content (AvgIpc) is 3.23. The SMILES string of the molecule is O=C(c1cccnn1)N1CCc2[nH]nc(-c3ccc(-c4ccccc4)cc3)c2C1.